The molecule has 0 unspecified atom stereocenters. The van der Waals surface area contributed by atoms with Crippen LogP contribution in [0.15, 0.2) is 78.3 Å². The fraction of sp³-hybridized carbons (Fsp3) is 0.130. The Labute approximate surface area is 168 Å². The molecule has 4 nitrogen and oxygen atoms in total. The van der Waals surface area contributed by atoms with E-state index in [4.69, 9.17) is 4.98 Å². The van der Waals surface area contributed by atoms with Crippen LogP contribution < -0.4 is 5.32 Å². The molecule has 0 radical (unpaired) electrons. The Balaban J connectivity index is 1.48. The summed E-state index contributed by atoms with van der Waals surface area (Å²) in [5.74, 6) is -0.0541. The van der Waals surface area contributed by atoms with Gasteiger partial charge in [-0.25, -0.2) is 4.98 Å². The van der Waals surface area contributed by atoms with Crippen LogP contribution in [-0.2, 0) is 17.8 Å². The molecule has 140 valence electrons. The number of aromatic nitrogens is 2. The topological polar surface area (TPSA) is 46.9 Å². The molecule has 2 aromatic carbocycles. The zero-order chi connectivity index (χ0) is 19.3. The molecular formula is C23H21N3OS. The van der Waals surface area contributed by atoms with Gasteiger partial charge in [-0.15, -0.1) is 11.3 Å². The molecule has 1 N–H and O–H groups in total. The summed E-state index contributed by atoms with van der Waals surface area (Å²) in [6, 6.07) is 22.0. The Bertz CT molecular complexity index is 1060. The van der Waals surface area contributed by atoms with Crippen molar-refractivity contribution in [2.75, 3.05) is 5.32 Å². The first kappa shape index (κ1) is 18.2. The number of benzene rings is 2. The van der Waals surface area contributed by atoms with E-state index in [0.717, 1.165) is 34.1 Å². The Morgan fingerprint density at radius 2 is 1.82 bits per heavy atom. The highest BCUT2D eigenvalue weighted by atomic mass is 32.1. The third-order valence-electron chi connectivity index (χ3n) is 4.58. The van der Waals surface area contributed by atoms with Gasteiger partial charge in [0.05, 0.1) is 11.4 Å². The summed E-state index contributed by atoms with van der Waals surface area (Å²) in [5, 5.41) is 5.92. The van der Waals surface area contributed by atoms with Gasteiger partial charge in [-0.1, -0.05) is 49.4 Å². The maximum atomic E-state index is 12.5. The van der Waals surface area contributed by atoms with E-state index < -0.39 is 0 Å². The van der Waals surface area contributed by atoms with E-state index in [9.17, 15) is 4.79 Å². The summed E-state index contributed by atoms with van der Waals surface area (Å²) < 4.78 is 1.93. The van der Waals surface area contributed by atoms with Crippen LogP contribution in [0.25, 0.3) is 22.0 Å². The lowest BCUT2D eigenvalue weighted by Gasteiger charge is -2.09. The Kier molecular flexibility index (Phi) is 5.35. The van der Waals surface area contributed by atoms with Crippen molar-refractivity contribution in [3.05, 3.63) is 83.9 Å². The van der Waals surface area contributed by atoms with Gasteiger partial charge in [0.15, 0.2) is 0 Å². The van der Waals surface area contributed by atoms with E-state index in [-0.39, 0.29) is 12.5 Å². The maximum absolute atomic E-state index is 12.5. The van der Waals surface area contributed by atoms with Crippen LogP contribution in [0.2, 0.25) is 0 Å². The van der Waals surface area contributed by atoms with E-state index >= 15 is 0 Å². The highest BCUT2D eigenvalue weighted by Gasteiger charge is 2.12. The molecule has 0 aliphatic carbocycles. The van der Waals surface area contributed by atoms with Gasteiger partial charge in [-0.3, -0.25) is 4.79 Å². The second-order valence-electron chi connectivity index (χ2n) is 6.52. The van der Waals surface area contributed by atoms with Crippen molar-refractivity contribution in [2.45, 2.75) is 19.9 Å². The molecule has 2 heterocycles. The highest BCUT2D eigenvalue weighted by Crippen LogP contribution is 2.29. The van der Waals surface area contributed by atoms with E-state index in [1.165, 1.54) is 5.56 Å². The number of aryl methyl sites for hydroxylation is 1. The number of carbonyl (C=O) groups is 1. The second kappa shape index (κ2) is 8.23. The molecule has 4 rings (SSSR count). The molecule has 28 heavy (non-hydrogen) atoms. The van der Waals surface area contributed by atoms with Gasteiger partial charge in [0.2, 0.25) is 5.91 Å². The number of anilines is 1. The molecule has 5 heteroatoms. The van der Waals surface area contributed by atoms with Gasteiger partial charge in [0.1, 0.15) is 11.6 Å². The first-order valence-electron chi connectivity index (χ1n) is 9.28. The molecular weight excluding hydrogens is 366 g/mol. The van der Waals surface area contributed by atoms with Gasteiger partial charge < -0.3 is 9.88 Å². The number of nitrogens with zero attached hydrogens (tertiary/aromatic N) is 2. The zero-order valence-electron chi connectivity index (χ0n) is 15.6. The van der Waals surface area contributed by atoms with Crippen molar-refractivity contribution in [2.24, 2.45) is 0 Å². The summed E-state index contributed by atoms with van der Waals surface area (Å²) in [6.45, 7) is 2.36. The van der Waals surface area contributed by atoms with E-state index in [1.807, 2.05) is 65.4 Å². The average molecular weight is 388 g/mol. The van der Waals surface area contributed by atoms with E-state index in [1.54, 1.807) is 11.3 Å². The number of thiazole rings is 1. The van der Waals surface area contributed by atoms with Gasteiger partial charge in [0, 0.05) is 22.8 Å². The molecule has 0 bridgehead atoms. The number of carbonyl (C=O) groups excluding carboxylic acids is 1. The largest absolute Gasteiger partial charge is 0.336 e. The first-order chi connectivity index (χ1) is 13.7. The fourth-order valence-corrected chi connectivity index (χ4v) is 3.93. The van der Waals surface area contributed by atoms with Crippen molar-refractivity contribution < 1.29 is 4.79 Å². The molecule has 4 aromatic rings. The summed E-state index contributed by atoms with van der Waals surface area (Å²) in [4.78, 5) is 17.3. The van der Waals surface area contributed by atoms with Gasteiger partial charge in [0.25, 0.3) is 0 Å². The SMILES string of the molecule is CCc1ccc(NC(=O)Cn2cccc2-c2nc(-c3ccccc3)cs2)cc1. The van der Waals surface area contributed by atoms with Crippen LogP contribution in [0.1, 0.15) is 12.5 Å². The van der Waals surface area contributed by atoms with Crippen LogP contribution >= 0.6 is 11.3 Å². The number of hydrogen-bond donors (Lipinski definition) is 1. The van der Waals surface area contributed by atoms with Crippen LogP contribution in [0.4, 0.5) is 5.69 Å². The molecule has 0 fully saturated rings. The van der Waals surface area contributed by atoms with Gasteiger partial charge in [-0.2, -0.15) is 0 Å². The summed E-state index contributed by atoms with van der Waals surface area (Å²) in [7, 11) is 0. The van der Waals surface area contributed by atoms with Crippen molar-refractivity contribution in [1.29, 1.82) is 0 Å². The zero-order valence-corrected chi connectivity index (χ0v) is 16.4. The first-order valence-corrected chi connectivity index (χ1v) is 10.2. The normalized spacial score (nSPS) is 10.8. The minimum Gasteiger partial charge on any atom is -0.336 e. The number of nitrogens with one attached hydrogen (secondary N) is 1. The van der Waals surface area contributed by atoms with Crippen molar-refractivity contribution >= 4 is 22.9 Å². The lowest BCUT2D eigenvalue weighted by atomic mass is 10.1. The quantitative estimate of drug-likeness (QED) is 0.476. The maximum Gasteiger partial charge on any atom is 0.244 e. The van der Waals surface area contributed by atoms with Gasteiger partial charge >= 0.3 is 0 Å². The fourth-order valence-electron chi connectivity index (χ4n) is 3.06. The monoisotopic (exact) mass is 387 g/mol. The molecule has 0 spiro atoms. The molecule has 0 aliphatic heterocycles. The summed E-state index contributed by atoms with van der Waals surface area (Å²) in [5.41, 5.74) is 5.06. The third kappa shape index (κ3) is 4.05. The highest BCUT2D eigenvalue weighted by molar-refractivity contribution is 7.13. The summed E-state index contributed by atoms with van der Waals surface area (Å²) >= 11 is 1.59. The number of hydrogen-bond acceptors (Lipinski definition) is 3. The van der Waals surface area contributed by atoms with Crippen LogP contribution in [0.5, 0.6) is 0 Å². The Hall–Kier alpha value is -3.18. The Morgan fingerprint density at radius 3 is 2.57 bits per heavy atom. The molecule has 2 aromatic heterocycles. The smallest absolute Gasteiger partial charge is 0.244 e. The summed E-state index contributed by atoms with van der Waals surface area (Å²) in [6.07, 6.45) is 2.90. The van der Waals surface area contributed by atoms with Gasteiger partial charge in [-0.05, 0) is 36.2 Å². The van der Waals surface area contributed by atoms with E-state index in [2.05, 4.69) is 29.8 Å². The third-order valence-corrected chi connectivity index (χ3v) is 5.45. The van der Waals surface area contributed by atoms with Crippen molar-refractivity contribution in [3.63, 3.8) is 0 Å². The van der Waals surface area contributed by atoms with Crippen LogP contribution in [0.3, 0.4) is 0 Å². The molecule has 0 saturated heterocycles. The second-order valence-corrected chi connectivity index (χ2v) is 7.38. The van der Waals surface area contributed by atoms with Crippen LogP contribution in [0, 0.1) is 0 Å². The standard InChI is InChI=1S/C23H21N3OS/c1-2-17-10-12-19(13-11-17)24-22(27)15-26-14-6-9-21(26)23-25-20(16-28-23)18-7-4-3-5-8-18/h3-14,16H,2,15H2,1H3,(H,24,27). The lowest BCUT2D eigenvalue weighted by Crippen LogP contribution is -2.18. The molecule has 0 aliphatic rings. The number of amides is 1. The Morgan fingerprint density at radius 1 is 1.04 bits per heavy atom. The molecule has 0 atom stereocenters. The minimum atomic E-state index is -0.0541. The predicted molar refractivity (Wildman–Crippen MR) is 115 cm³/mol. The van der Waals surface area contributed by atoms with Crippen molar-refractivity contribution in [1.82, 2.24) is 9.55 Å². The number of rotatable bonds is 6. The lowest BCUT2D eigenvalue weighted by molar-refractivity contribution is -0.116. The van der Waals surface area contributed by atoms with E-state index in [0.29, 0.717) is 0 Å². The molecule has 1 amide bonds. The van der Waals surface area contributed by atoms with Crippen LogP contribution in [-0.4, -0.2) is 15.5 Å². The average Bonchev–Trinajstić information content (AvgIpc) is 3.38. The minimum absolute atomic E-state index is 0.0541. The predicted octanol–water partition coefficient (Wildman–Crippen LogP) is 5.48. The van der Waals surface area contributed by atoms with Crippen molar-refractivity contribution in [3.8, 4) is 22.0 Å². The molecule has 0 saturated carbocycles.